The zero-order valence-corrected chi connectivity index (χ0v) is 42.2. The average molecular weight is 980 g/mol. The number of carboxylic acids is 1. The van der Waals surface area contributed by atoms with Crippen molar-refractivity contribution in [3.63, 3.8) is 0 Å². The molecule has 0 saturated carbocycles. The minimum absolute atomic E-state index is 0.217. The van der Waals surface area contributed by atoms with Crippen LogP contribution in [0.4, 0.5) is 9.59 Å². The molecule has 0 atom stereocenters. The van der Waals surface area contributed by atoms with E-state index >= 15 is 0 Å². The third kappa shape index (κ3) is 13.6. The molecule has 2 saturated heterocycles. The van der Waals surface area contributed by atoms with Gasteiger partial charge in [-0.3, -0.25) is 0 Å². The highest BCUT2D eigenvalue weighted by atomic mass is 35.5. The molecule has 2 amide bonds. The van der Waals surface area contributed by atoms with Gasteiger partial charge in [0, 0.05) is 72.7 Å². The first-order chi connectivity index (χ1) is 32.7. The molecule has 2 aliphatic rings. The smallest absolute Gasteiger partial charge is 0.410 e. The Morgan fingerprint density at radius 2 is 0.986 bits per heavy atom. The van der Waals surface area contributed by atoms with Crippen molar-refractivity contribution in [2.45, 2.75) is 104 Å². The molecule has 2 aromatic heterocycles. The Balaban J connectivity index is 0.000000204. The summed E-state index contributed by atoms with van der Waals surface area (Å²) in [5.41, 5.74) is 5.95. The van der Waals surface area contributed by atoms with E-state index in [2.05, 4.69) is 70.1 Å². The second-order valence-electron chi connectivity index (χ2n) is 20.3. The molecular formula is C55H64Cl2N4O8. The summed E-state index contributed by atoms with van der Waals surface area (Å²) >= 11 is 12.1. The lowest BCUT2D eigenvalue weighted by Gasteiger charge is -2.33. The summed E-state index contributed by atoms with van der Waals surface area (Å²) in [7, 11) is 1.38. The van der Waals surface area contributed by atoms with Gasteiger partial charge in [0.1, 0.15) is 11.2 Å². The number of halogens is 2. The predicted molar refractivity (Wildman–Crippen MR) is 272 cm³/mol. The maximum Gasteiger partial charge on any atom is 0.410 e. The number of amides is 2. The van der Waals surface area contributed by atoms with E-state index < -0.39 is 17.2 Å². The van der Waals surface area contributed by atoms with Crippen LogP contribution in [-0.2, 0) is 40.1 Å². The fourth-order valence-electron chi connectivity index (χ4n) is 9.19. The van der Waals surface area contributed by atoms with E-state index in [1.807, 2.05) is 57.4 Å². The highest BCUT2D eigenvalue weighted by molar-refractivity contribution is 6.31. The van der Waals surface area contributed by atoms with Crippen molar-refractivity contribution in [2.24, 2.45) is 11.8 Å². The van der Waals surface area contributed by atoms with Crippen LogP contribution in [0.15, 0.2) is 97.3 Å². The summed E-state index contributed by atoms with van der Waals surface area (Å²) in [6.07, 6.45) is 8.78. The largest absolute Gasteiger partial charge is 0.478 e. The summed E-state index contributed by atoms with van der Waals surface area (Å²) in [6.45, 7) is 16.1. The quantitative estimate of drug-likeness (QED) is 0.106. The molecule has 6 aromatic rings. The molecular weight excluding hydrogens is 916 g/mol. The number of nitrogens with zero attached hydrogens (tertiary/aromatic N) is 4. The topological polar surface area (TPSA) is 133 Å². The summed E-state index contributed by atoms with van der Waals surface area (Å²) in [4.78, 5) is 52.1. The maximum absolute atomic E-state index is 12.3. The van der Waals surface area contributed by atoms with Gasteiger partial charge >= 0.3 is 24.1 Å². The van der Waals surface area contributed by atoms with E-state index in [9.17, 15) is 24.3 Å². The average Bonchev–Trinajstić information content (AvgIpc) is 3.89. The highest BCUT2D eigenvalue weighted by Gasteiger charge is 2.29. The number of esters is 1. The fraction of sp³-hybridized carbons (Fsp3) is 0.418. The van der Waals surface area contributed by atoms with Crippen LogP contribution >= 0.6 is 23.2 Å². The van der Waals surface area contributed by atoms with Crippen molar-refractivity contribution >= 4 is 69.1 Å². The normalized spacial score (nSPS) is 14.9. The Hall–Kier alpha value is -5.98. The lowest BCUT2D eigenvalue weighted by atomic mass is 9.96. The Kier molecular flexibility index (Phi) is 16.0. The number of fused-ring (bicyclic) bond motifs is 2. The zero-order chi connectivity index (χ0) is 49.6. The van der Waals surface area contributed by atoms with E-state index in [4.69, 9.17) is 37.4 Å². The molecule has 366 valence electrons. The maximum atomic E-state index is 12.3. The van der Waals surface area contributed by atoms with Gasteiger partial charge in [0.25, 0.3) is 0 Å². The van der Waals surface area contributed by atoms with Crippen LogP contribution in [0.25, 0.3) is 21.8 Å². The van der Waals surface area contributed by atoms with Gasteiger partial charge in [-0.15, -0.1) is 0 Å². The van der Waals surface area contributed by atoms with Gasteiger partial charge in [0.15, 0.2) is 0 Å². The van der Waals surface area contributed by atoms with E-state index in [1.54, 1.807) is 24.3 Å². The van der Waals surface area contributed by atoms with Gasteiger partial charge in [-0.05, 0) is 186 Å². The second kappa shape index (κ2) is 21.8. The summed E-state index contributed by atoms with van der Waals surface area (Å²) in [6, 6.07) is 27.3. The summed E-state index contributed by atoms with van der Waals surface area (Å²) in [5.74, 6) is -0.336. The van der Waals surface area contributed by atoms with Crippen LogP contribution in [-0.4, -0.2) is 92.7 Å². The Morgan fingerprint density at radius 1 is 0.580 bits per heavy atom. The molecule has 0 radical (unpaired) electrons. The third-order valence-electron chi connectivity index (χ3n) is 12.7. The minimum Gasteiger partial charge on any atom is -0.478 e. The third-order valence-corrected chi connectivity index (χ3v) is 13.2. The molecule has 12 nitrogen and oxygen atoms in total. The van der Waals surface area contributed by atoms with Crippen LogP contribution in [0.3, 0.4) is 0 Å². The van der Waals surface area contributed by atoms with E-state index in [-0.39, 0.29) is 23.7 Å². The Morgan fingerprint density at radius 3 is 1.38 bits per heavy atom. The number of benzene rings is 4. The monoisotopic (exact) mass is 978 g/mol. The van der Waals surface area contributed by atoms with Crippen molar-refractivity contribution < 1.29 is 38.5 Å². The lowest BCUT2D eigenvalue weighted by Crippen LogP contribution is -2.42. The van der Waals surface area contributed by atoms with Crippen molar-refractivity contribution in [2.75, 3.05) is 33.3 Å². The van der Waals surface area contributed by atoms with Crippen molar-refractivity contribution in [3.05, 3.63) is 141 Å². The van der Waals surface area contributed by atoms with Gasteiger partial charge < -0.3 is 38.3 Å². The molecule has 0 aliphatic carbocycles. The van der Waals surface area contributed by atoms with Gasteiger partial charge in [-0.2, -0.15) is 0 Å². The number of piperidine rings is 2. The first kappa shape index (κ1) is 50.9. The number of methoxy groups -OCH3 is 1. The number of carboxylic acid groups (broad SMARTS) is 1. The molecule has 8 rings (SSSR count). The minimum atomic E-state index is -0.970. The van der Waals surface area contributed by atoms with Crippen LogP contribution in [0.5, 0.6) is 0 Å². The van der Waals surface area contributed by atoms with Crippen LogP contribution in [0.1, 0.15) is 110 Å². The van der Waals surface area contributed by atoms with Gasteiger partial charge in [-0.25, -0.2) is 19.2 Å². The summed E-state index contributed by atoms with van der Waals surface area (Å²) < 4.78 is 20.5. The van der Waals surface area contributed by atoms with Crippen LogP contribution in [0, 0.1) is 11.8 Å². The number of likely N-dealkylation sites (tertiary alicyclic amines) is 2. The molecule has 2 fully saturated rings. The van der Waals surface area contributed by atoms with Crippen LogP contribution in [0.2, 0.25) is 10.0 Å². The first-order valence-electron chi connectivity index (χ1n) is 23.7. The number of hydrogen-bond acceptors (Lipinski definition) is 7. The van der Waals surface area contributed by atoms with E-state index in [1.165, 1.54) is 24.1 Å². The second-order valence-corrected chi connectivity index (χ2v) is 21.2. The molecule has 0 unspecified atom stereocenters. The SMILES string of the molecule is CC(C)(C)OC(=O)N1CCC(Cn2ccc3cc(Cc4ccc(Cl)cc4C(=O)O)ccc32)CC1.COC(=O)c1cc(Cl)ccc1Cc1ccc2c(ccn2CC2CCN(C(=O)OC(C)(C)C)CC2)c1. The van der Waals surface area contributed by atoms with Crippen LogP contribution < -0.4 is 0 Å². The zero-order valence-electron chi connectivity index (χ0n) is 40.7. The van der Waals surface area contributed by atoms with E-state index in [0.717, 1.165) is 98.1 Å². The lowest BCUT2D eigenvalue weighted by molar-refractivity contribution is 0.0168. The summed E-state index contributed by atoms with van der Waals surface area (Å²) in [5, 5.41) is 12.7. The van der Waals surface area contributed by atoms with Gasteiger partial charge in [-0.1, -0.05) is 47.5 Å². The Bertz CT molecular complexity index is 2800. The standard InChI is InChI=1S/C28H33ClN2O4.C27H31ClN2O4/c1-28(2,3)35-27(33)30-12-9-19(10-13-30)18-31-14-11-22-16-20(5-8-25(22)31)15-21-6-7-23(29)17-24(21)26(32)34-4;1-27(2,3)34-26(33)29-11-8-18(9-12-29)17-30-13-10-21-15-19(4-7-24(21)30)14-20-5-6-22(28)16-23(20)25(31)32/h5-8,11,14,16-17,19H,9-10,12-13,15,18H2,1-4H3;4-7,10,13,15-16,18H,8-9,11-12,14,17H2,1-3H3,(H,31,32). The molecule has 1 N–H and O–H groups in total. The highest BCUT2D eigenvalue weighted by Crippen LogP contribution is 2.29. The van der Waals surface area contributed by atoms with Crippen molar-refractivity contribution in [3.8, 4) is 0 Å². The molecule has 14 heteroatoms. The molecule has 69 heavy (non-hydrogen) atoms. The molecule has 4 heterocycles. The number of hydrogen-bond donors (Lipinski definition) is 1. The van der Waals surface area contributed by atoms with Crippen molar-refractivity contribution in [1.82, 2.24) is 18.9 Å². The van der Waals surface area contributed by atoms with Gasteiger partial charge in [0.05, 0.1) is 18.2 Å². The number of rotatable bonds is 10. The number of carbonyl (C=O) groups is 4. The predicted octanol–water partition coefficient (Wildman–Crippen LogP) is 12.5. The molecule has 4 aromatic carbocycles. The molecule has 0 spiro atoms. The number of ether oxygens (including phenoxy) is 3. The Labute approximate surface area is 415 Å². The fourth-order valence-corrected chi connectivity index (χ4v) is 9.53. The first-order valence-corrected chi connectivity index (χ1v) is 24.5. The number of aromatic carboxylic acids is 1. The van der Waals surface area contributed by atoms with E-state index in [0.29, 0.717) is 40.3 Å². The number of carbonyl (C=O) groups excluding carboxylic acids is 3. The van der Waals surface area contributed by atoms with Gasteiger partial charge in [0.2, 0.25) is 0 Å². The number of aromatic nitrogens is 2. The van der Waals surface area contributed by atoms with Crippen molar-refractivity contribution in [1.29, 1.82) is 0 Å². The molecule has 0 bridgehead atoms. The molecule has 2 aliphatic heterocycles.